The van der Waals surface area contributed by atoms with Gasteiger partial charge in [0.05, 0.1) is 0 Å². The summed E-state index contributed by atoms with van der Waals surface area (Å²) in [6, 6.07) is 7.27. The molecule has 1 aromatic carbocycles. The molecule has 0 spiro atoms. The van der Waals surface area contributed by atoms with Gasteiger partial charge in [-0.1, -0.05) is 12.1 Å². The maximum absolute atomic E-state index is 13.0. The van der Waals surface area contributed by atoms with Gasteiger partial charge >= 0.3 is 0 Å². The number of thioether (sulfide) groups is 1. The number of piperidine rings is 1. The topological polar surface area (TPSA) is 39.7 Å². The van der Waals surface area contributed by atoms with Crippen LogP contribution in [0, 0.1) is 5.82 Å². The van der Waals surface area contributed by atoms with E-state index >= 15 is 0 Å². The first-order chi connectivity index (χ1) is 11.9. The summed E-state index contributed by atoms with van der Waals surface area (Å²) < 4.78 is 13.2. The van der Waals surface area contributed by atoms with E-state index in [1.807, 2.05) is 30.9 Å². The molecule has 0 atom stereocenters. The Hall–Kier alpha value is -1.27. The van der Waals surface area contributed by atoms with Crippen LogP contribution in [-0.2, 0) is 6.54 Å². The van der Waals surface area contributed by atoms with E-state index in [1.54, 1.807) is 0 Å². The maximum Gasteiger partial charge on any atom is 0.191 e. The first kappa shape index (κ1) is 20.0. The molecule has 1 heterocycles. The van der Waals surface area contributed by atoms with Gasteiger partial charge in [-0.2, -0.15) is 11.8 Å². The van der Waals surface area contributed by atoms with Crippen molar-refractivity contribution in [1.29, 1.82) is 0 Å². The quantitative estimate of drug-likeness (QED) is 0.599. The summed E-state index contributed by atoms with van der Waals surface area (Å²) in [4.78, 5) is 6.78. The van der Waals surface area contributed by atoms with Crippen molar-refractivity contribution in [2.75, 3.05) is 32.9 Å². The van der Waals surface area contributed by atoms with Crippen molar-refractivity contribution in [3.8, 4) is 0 Å². The average molecular weight is 367 g/mol. The number of nitrogens with zero attached hydrogens (tertiary/aromatic N) is 2. The second kappa shape index (κ2) is 9.43. The average Bonchev–Trinajstić information content (AvgIpc) is 2.62. The largest absolute Gasteiger partial charge is 0.355 e. The normalized spacial score (nSPS) is 17.6. The fraction of sp³-hybridized carbons (Fsp3) is 0.632. The van der Waals surface area contributed by atoms with Crippen LogP contribution >= 0.6 is 11.8 Å². The molecular formula is C19H31FN4S. The predicted octanol–water partition coefficient (Wildman–Crippen LogP) is 3.10. The summed E-state index contributed by atoms with van der Waals surface area (Å²) in [6.07, 6.45) is 4.32. The molecule has 0 aromatic heterocycles. The highest BCUT2D eigenvalue weighted by Crippen LogP contribution is 2.19. The van der Waals surface area contributed by atoms with Crippen molar-refractivity contribution < 1.29 is 4.39 Å². The van der Waals surface area contributed by atoms with E-state index in [0.29, 0.717) is 6.04 Å². The summed E-state index contributed by atoms with van der Waals surface area (Å²) in [7, 11) is 1.82. The van der Waals surface area contributed by atoms with Gasteiger partial charge in [-0.05, 0) is 50.6 Å². The van der Waals surface area contributed by atoms with Crippen LogP contribution in [0.25, 0.3) is 0 Å². The third-order valence-electron chi connectivity index (χ3n) is 4.71. The van der Waals surface area contributed by atoms with Gasteiger partial charge in [-0.15, -0.1) is 0 Å². The number of rotatable bonds is 6. The minimum atomic E-state index is -0.171. The highest BCUT2D eigenvalue weighted by Gasteiger charge is 2.21. The van der Waals surface area contributed by atoms with E-state index in [9.17, 15) is 4.39 Å². The minimum absolute atomic E-state index is 0.171. The monoisotopic (exact) mass is 366 g/mol. The van der Waals surface area contributed by atoms with Crippen molar-refractivity contribution in [3.63, 3.8) is 0 Å². The van der Waals surface area contributed by atoms with Gasteiger partial charge in [0.15, 0.2) is 5.96 Å². The van der Waals surface area contributed by atoms with E-state index in [2.05, 4.69) is 40.6 Å². The number of halogens is 1. The summed E-state index contributed by atoms with van der Waals surface area (Å²) in [6.45, 7) is 8.32. The van der Waals surface area contributed by atoms with Gasteiger partial charge in [-0.25, -0.2) is 4.39 Å². The molecule has 0 radical (unpaired) electrons. The molecule has 4 nitrogen and oxygen atoms in total. The molecule has 2 rings (SSSR count). The highest BCUT2D eigenvalue weighted by atomic mass is 32.2. The summed E-state index contributed by atoms with van der Waals surface area (Å²) >= 11 is 1.85. The summed E-state index contributed by atoms with van der Waals surface area (Å²) in [5, 5.41) is 6.98. The second-order valence-corrected chi connectivity index (χ2v) is 8.72. The third kappa shape index (κ3) is 6.86. The molecular weight excluding hydrogens is 335 g/mol. The van der Waals surface area contributed by atoms with Crippen LogP contribution < -0.4 is 10.6 Å². The van der Waals surface area contributed by atoms with E-state index in [0.717, 1.165) is 45.0 Å². The molecule has 1 aromatic rings. The minimum Gasteiger partial charge on any atom is -0.355 e. The molecule has 1 aliphatic rings. The Labute approximate surface area is 155 Å². The summed E-state index contributed by atoms with van der Waals surface area (Å²) in [5.41, 5.74) is 1.17. The zero-order valence-corrected chi connectivity index (χ0v) is 16.6. The number of benzene rings is 1. The molecule has 6 heteroatoms. The molecule has 140 valence electrons. The van der Waals surface area contributed by atoms with Crippen molar-refractivity contribution in [2.45, 2.75) is 44.0 Å². The van der Waals surface area contributed by atoms with Crippen molar-refractivity contribution in [3.05, 3.63) is 35.6 Å². The van der Waals surface area contributed by atoms with Crippen LogP contribution in [0.2, 0.25) is 0 Å². The van der Waals surface area contributed by atoms with Gasteiger partial charge < -0.3 is 10.6 Å². The molecule has 0 aliphatic carbocycles. The lowest BCUT2D eigenvalue weighted by Crippen LogP contribution is -2.50. The fourth-order valence-electron chi connectivity index (χ4n) is 2.84. The third-order valence-corrected chi connectivity index (χ3v) is 5.96. The lowest BCUT2D eigenvalue weighted by Gasteiger charge is -2.33. The van der Waals surface area contributed by atoms with Gasteiger partial charge in [-0.3, -0.25) is 9.89 Å². The molecule has 0 bridgehead atoms. The van der Waals surface area contributed by atoms with Crippen LogP contribution in [-0.4, -0.2) is 54.6 Å². The van der Waals surface area contributed by atoms with Crippen LogP contribution in [0.15, 0.2) is 29.3 Å². The fourth-order valence-corrected chi connectivity index (χ4v) is 3.06. The lowest BCUT2D eigenvalue weighted by atomic mass is 10.0. The van der Waals surface area contributed by atoms with E-state index in [-0.39, 0.29) is 10.6 Å². The molecule has 1 fully saturated rings. The Morgan fingerprint density at radius 2 is 1.92 bits per heavy atom. The van der Waals surface area contributed by atoms with Crippen LogP contribution in [0.3, 0.4) is 0 Å². The van der Waals surface area contributed by atoms with E-state index in [1.165, 1.54) is 17.7 Å². The van der Waals surface area contributed by atoms with Crippen molar-refractivity contribution in [2.24, 2.45) is 4.99 Å². The van der Waals surface area contributed by atoms with Gasteiger partial charge in [0.1, 0.15) is 5.82 Å². The lowest BCUT2D eigenvalue weighted by molar-refractivity contribution is 0.198. The van der Waals surface area contributed by atoms with Gasteiger partial charge in [0.25, 0.3) is 0 Å². The predicted molar refractivity (Wildman–Crippen MR) is 107 cm³/mol. The number of aliphatic imine (C=N–C) groups is 1. The van der Waals surface area contributed by atoms with Crippen LogP contribution in [0.1, 0.15) is 32.3 Å². The molecule has 1 aliphatic heterocycles. The Bertz CT molecular complexity index is 551. The van der Waals surface area contributed by atoms with Crippen molar-refractivity contribution >= 4 is 17.7 Å². The smallest absolute Gasteiger partial charge is 0.191 e. The molecule has 0 unspecified atom stereocenters. The standard InChI is InChI=1S/C19H31FN4S/c1-19(2,25-4)14-22-18(21-3)23-17-9-11-24(12-10-17)13-15-5-7-16(20)8-6-15/h5-8,17H,9-14H2,1-4H3,(H2,21,22,23). The SMILES string of the molecule is CN=C(NCC(C)(C)SC)NC1CCN(Cc2ccc(F)cc2)CC1. The van der Waals surface area contributed by atoms with Gasteiger partial charge in [0, 0.05) is 44.0 Å². The first-order valence-electron chi connectivity index (χ1n) is 8.91. The van der Waals surface area contributed by atoms with Gasteiger partial charge in [0.2, 0.25) is 0 Å². The number of hydrogen-bond donors (Lipinski definition) is 2. The molecule has 0 saturated carbocycles. The maximum atomic E-state index is 13.0. The van der Waals surface area contributed by atoms with Crippen LogP contribution in [0.5, 0.6) is 0 Å². The summed E-state index contributed by atoms with van der Waals surface area (Å²) in [5.74, 6) is 0.717. The number of guanidine groups is 1. The van der Waals surface area contributed by atoms with E-state index in [4.69, 9.17) is 0 Å². The number of likely N-dealkylation sites (tertiary alicyclic amines) is 1. The Balaban J connectivity index is 1.74. The zero-order valence-electron chi connectivity index (χ0n) is 15.8. The van der Waals surface area contributed by atoms with E-state index < -0.39 is 0 Å². The zero-order chi connectivity index (χ0) is 18.3. The number of nitrogens with one attached hydrogen (secondary N) is 2. The Morgan fingerprint density at radius 3 is 2.48 bits per heavy atom. The molecule has 1 saturated heterocycles. The van der Waals surface area contributed by atoms with Crippen molar-refractivity contribution in [1.82, 2.24) is 15.5 Å². The molecule has 0 amide bonds. The Kier molecular flexibility index (Phi) is 7.56. The number of hydrogen-bond acceptors (Lipinski definition) is 3. The molecule has 25 heavy (non-hydrogen) atoms. The first-order valence-corrected chi connectivity index (χ1v) is 10.1. The molecule has 2 N–H and O–H groups in total. The highest BCUT2D eigenvalue weighted by molar-refractivity contribution is 7.99. The second-order valence-electron chi connectivity index (χ2n) is 7.21. The van der Waals surface area contributed by atoms with Crippen LogP contribution in [0.4, 0.5) is 4.39 Å². The Morgan fingerprint density at radius 1 is 1.28 bits per heavy atom.